The van der Waals surface area contributed by atoms with E-state index in [9.17, 15) is 4.79 Å². The number of hydrogen-bond acceptors (Lipinski definition) is 3. The second kappa shape index (κ2) is 6.89. The molecule has 2 aromatic rings. The average Bonchev–Trinajstić information content (AvgIpc) is 2.90. The third-order valence-corrected chi connectivity index (χ3v) is 5.01. The normalized spacial score (nSPS) is 16.0. The fourth-order valence-corrected chi connectivity index (χ4v) is 3.83. The molecule has 3 rings (SSSR count). The molecule has 2 aromatic carbocycles. The van der Waals surface area contributed by atoms with Crippen LogP contribution in [-0.2, 0) is 17.0 Å². The van der Waals surface area contributed by atoms with Crippen molar-refractivity contribution in [2.45, 2.75) is 25.1 Å². The van der Waals surface area contributed by atoms with Gasteiger partial charge in [-0.3, -0.25) is 4.79 Å². The van der Waals surface area contributed by atoms with Gasteiger partial charge < -0.3 is 4.90 Å². The van der Waals surface area contributed by atoms with Gasteiger partial charge in [-0.15, -0.1) is 11.8 Å². The van der Waals surface area contributed by atoms with Crippen LogP contribution in [0.5, 0.6) is 0 Å². The van der Waals surface area contributed by atoms with Crippen molar-refractivity contribution in [1.29, 1.82) is 5.26 Å². The minimum atomic E-state index is 0.156. The Bertz CT molecular complexity index is 766. The molecule has 1 aliphatic rings. The van der Waals surface area contributed by atoms with Gasteiger partial charge in [0.25, 0.3) is 0 Å². The maximum Gasteiger partial charge on any atom is 0.237 e. The van der Waals surface area contributed by atoms with E-state index in [0.717, 1.165) is 23.4 Å². The Labute approximate surface area is 140 Å². The Morgan fingerprint density at radius 2 is 2.13 bits per heavy atom. The van der Waals surface area contributed by atoms with Gasteiger partial charge >= 0.3 is 0 Å². The van der Waals surface area contributed by atoms with Gasteiger partial charge in [0.15, 0.2) is 0 Å². The number of amides is 1. The largest absolute Gasteiger partial charge is 0.308 e. The van der Waals surface area contributed by atoms with E-state index in [-0.39, 0.29) is 11.9 Å². The van der Waals surface area contributed by atoms with E-state index in [1.165, 1.54) is 5.56 Å². The monoisotopic (exact) mass is 322 g/mol. The number of fused-ring (bicyclic) bond motifs is 1. The first-order valence-corrected chi connectivity index (χ1v) is 8.81. The van der Waals surface area contributed by atoms with Gasteiger partial charge in [-0.25, -0.2) is 0 Å². The average molecular weight is 322 g/mol. The van der Waals surface area contributed by atoms with Crippen LogP contribution in [0.2, 0.25) is 0 Å². The Morgan fingerprint density at radius 1 is 1.30 bits per heavy atom. The molecule has 0 unspecified atom stereocenters. The van der Waals surface area contributed by atoms with Crippen LogP contribution in [0.25, 0.3) is 0 Å². The molecule has 1 atom stereocenters. The topological polar surface area (TPSA) is 44.1 Å². The van der Waals surface area contributed by atoms with E-state index < -0.39 is 0 Å². The van der Waals surface area contributed by atoms with Crippen molar-refractivity contribution >= 4 is 23.4 Å². The second-order valence-corrected chi connectivity index (χ2v) is 6.74. The van der Waals surface area contributed by atoms with E-state index in [4.69, 9.17) is 5.26 Å². The highest BCUT2D eigenvalue weighted by atomic mass is 32.2. The molecule has 0 saturated heterocycles. The van der Waals surface area contributed by atoms with Crippen LogP contribution < -0.4 is 4.90 Å². The molecule has 116 valence electrons. The lowest BCUT2D eigenvalue weighted by atomic mass is 10.1. The lowest BCUT2D eigenvalue weighted by Gasteiger charge is -2.22. The summed E-state index contributed by atoms with van der Waals surface area (Å²) in [5.41, 5.74) is 4.05. The lowest BCUT2D eigenvalue weighted by Crippen LogP contribution is -2.37. The molecule has 1 aliphatic heterocycles. The van der Waals surface area contributed by atoms with Crippen LogP contribution in [-0.4, -0.2) is 17.7 Å². The number of thioether (sulfide) groups is 1. The van der Waals surface area contributed by atoms with Crippen molar-refractivity contribution in [2.75, 3.05) is 10.7 Å². The first-order chi connectivity index (χ1) is 11.2. The highest BCUT2D eigenvalue weighted by Crippen LogP contribution is 2.32. The second-order valence-electron chi connectivity index (χ2n) is 5.75. The van der Waals surface area contributed by atoms with Gasteiger partial charge in [0.1, 0.15) is 0 Å². The van der Waals surface area contributed by atoms with Crippen LogP contribution in [0.3, 0.4) is 0 Å². The molecule has 0 aromatic heterocycles. The smallest absolute Gasteiger partial charge is 0.237 e. The fourth-order valence-electron chi connectivity index (χ4n) is 3.00. The van der Waals surface area contributed by atoms with E-state index in [1.807, 2.05) is 41.3 Å². The molecule has 3 nitrogen and oxygen atoms in total. The summed E-state index contributed by atoms with van der Waals surface area (Å²) < 4.78 is 0. The molecule has 0 fully saturated rings. The summed E-state index contributed by atoms with van der Waals surface area (Å²) >= 11 is 1.60. The number of anilines is 1. The summed E-state index contributed by atoms with van der Waals surface area (Å²) in [7, 11) is 0. The minimum Gasteiger partial charge on any atom is -0.308 e. The number of rotatable bonds is 4. The van der Waals surface area contributed by atoms with E-state index >= 15 is 0 Å². The molecule has 23 heavy (non-hydrogen) atoms. The van der Waals surface area contributed by atoms with Crippen molar-refractivity contribution in [3.05, 3.63) is 65.2 Å². The van der Waals surface area contributed by atoms with Gasteiger partial charge in [0, 0.05) is 17.5 Å². The third-order valence-electron chi connectivity index (χ3n) is 4.03. The number of para-hydroxylation sites is 1. The summed E-state index contributed by atoms with van der Waals surface area (Å²) in [6, 6.07) is 18.0. The van der Waals surface area contributed by atoms with Gasteiger partial charge in [0.2, 0.25) is 5.91 Å². The van der Waals surface area contributed by atoms with Crippen LogP contribution in [0.15, 0.2) is 48.5 Å². The molecular formula is C19H18N2OS. The molecule has 1 heterocycles. The zero-order chi connectivity index (χ0) is 16.2. The molecule has 0 saturated carbocycles. The molecule has 0 aliphatic carbocycles. The van der Waals surface area contributed by atoms with Crippen molar-refractivity contribution in [3.63, 3.8) is 0 Å². The molecule has 4 heteroatoms. The molecule has 0 N–H and O–H groups in total. The minimum absolute atomic E-state index is 0.156. The Morgan fingerprint density at radius 3 is 2.96 bits per heavy atom. The first kappa shape index (κ1) is 15.6. The maximum atomic E-state index is 12.6. The van der Waals surface area contributed by atoms with E-state index in [0.29, 0.717) is 11.3 Å². The Kier molecular flexibility index (Phi) is 4.68. The summed E-state index contributed by atoms with van der Waals surface area (Å²) in [6.45, 7) is 2.10. The molecule has 1 amide bonds. The highest BCUT2D eigenvalue weighted by Gasteiger charge is 2.30. The molecular weight excluding hydrogens is 304 g/mol. The predicted molar refractivity (Wildman–Crippen MR) is 94.4 cm³/mol. The van der Waals surface area contributed by atoms with Crippen LogP contribution in [0.4, 0.5) is 5.69 Å². The lowest BCUT2D eigenvalue weighted by molar-refractivity contribution is -0.116. The van der Waals surface area contributed by atoms with E-state index in [1.54, 1.807) is 17.8 Å². The van der Waals surface area contributed by atoms with Gasteiger partial charge in [-0.05, 0) is 42.7 Å². The summed E-state index contributed by atoms with van der Waals surface area (Å²) in [6.07, 6.45) is 0.927. The summed E-state index contributed by atoms with van der Waals surface area (Å²) in [5, 5.41) is 8.92. The zero-order valence-corrected chi connectivity index (χ0v) is 13.8. The van der Waals surface area contributed by atoms with Gasteiger partial charge in [-0.2, -0.15) is 5.26 Å². The van der Waals surface area contributed by atoms with Crippen molar-refractivity contribution < 1.29 is 4.79 Å². The van der Waals surface area contributed by atoms with Crippen molar-refractivity contribution in [1.82, 2.24) is 0 Å². The fraction of sp³-hybridized carbons (Fsp3) is 0.263. The quantitative estimate of drug-likeness (QED) is 0.860. The number of benzene rings is 2. The van der Waals surface area contributed by atoms with Crippen LogP contribution >= 0.6 is 11.8 Å². The van der Waals surface area contributed by atoms with Crippen LogP contribution in [0, 0.1) is 11.3 Å². The number of carbonyl (C=O) groups is 1. The van der Waals surface area contributed by atoms with Gasteiger partial charge in [0.05, 0.1) is 17.4 Å². The first-order valence-electron chi connectivity index (χ1n) is 7.66. The Balaban J connectivity index is 1.61. The standard InChI is InChI=1S/C19H18N2OS/c1-14-9-17-7-2-3-8-18(17)21(14)19(22)13-23-12-16-6-4-5-15(10-16)11-20/h2-8,10,14H,9,12-13H2,1H3/t14-/m1/s1. The number of hydrogen-bond donors (Lipinski definition) is 0. The zero-order valence-electron chi connectivity index (χ0n) is 13.0. The third kappa shape index (κ3) is 3.40. The highest BCUT2D eigenvalue weighted by molar-refractivity contribution is 7.99. The molecule has 0 bridgehead atoms. The number of nitriles is 1. The van der Waals surface area contributed by atoms with E-state index in [2.05, 4.69) is 19.1 Å². The SMILES string of the molecule is C[C@@H]1Cc2ccccc2N1C(=O)CSCc1cccc(C#N)c1. The molecule has 0 spiro atoms. The van der Waals surface area contributed by atoms with Gasteiger partial charge in [-0.1, -0.05) is 30.3 Å². The summed E-state index contributed by atoms with van der Waals surface area (Å²) in [5.74, 6) is 1.35. The maximum absolute atomic E-state index is 12.6. The van der Waals surface area contributed by atoms with Crippen molar-refractivity contribution in [3.8, 4) is 6.07 Å². The number of carbonyl (C=O) groups excluding carboxylic acids is 1. The summed E-state index contributed by atoms with van der Waals surface area (Å²) in [4.78, 5) is 14.5. The number of nitrogens with zero attached hydrogens (tertiary/aromatic N) is 2. The Hall–Kier alpha value is -2.25. The predicted octanol–water partition coefficient (Wildman–Crippen LogP) is 3.77. The van der Waals surface area contributed by atoms with Crippen molar-refractivity contribution in [2.24, 2.45) is 0 Å². The molecule has 0 radical (unpaired) electrons. The van der Waals surface area contributed by atoms with Crippen LogP contribution in [0.1, 0.15) is 23.6 Å².